The highest BCUT2D eigenvalue weighted by Crippen LogP contribution is 2.24. The summed E-state index contributed by atoms with van der Waals surface area (Å²) in [6.45, 7) is 1.97. The van der Waals surface area contributed by atoms with Gasteiger partial charge in [0, 0.05) is 15.7 Å². The molecule has 1 atom stereocenters. The lowest BCUT2D eigenvalue weighted by atomic mass is 10.0. The molecule has 0 aliphatic carbocycles. The van der Waals surface area contributed by atoms with Gasteiger partial charge >= 0.3 is 0 Å². The summed E-state index contributed by atoms with van der Waals surface area (Å²) >= 11 is 9.43. The van der Waals surface area contributed by atoms with Crippen molar-refractivity contribution in [3.05, 3.63) is 62.8 Å². The number of nitrogens with two attached hydrogens (primary N) is 1. The maximum Gasteiger partial charge on any atom is 0.0726 e. The highest BCUT2D eigenvalue weighted by Gasteiger charge is 2.11. The summed E-state index contributed by atoms with van der Waals surface area (Å²) in [7, 11) is 0. The molecule has 0 spiro atoms. The third-order valence-corrected chi connectivity index (χ3v) is 3.50. The van der Waals surface area contributed by atoms with Gasteiger partial charge in [0.15, 0.2) is 0 Å². The van der Waals surface area contributed by atoms with Gasteiger partial charge in [-0.2, -0.15) is 0 Å². The summed E-state index contributed by atoms with van der Waals surface area (Å²) in [6.07, 6.45) is 1.74. The zero-order valence-electron chi connectivity index (χ0n) is 9.32. The summed E-state index contributed by atoms with van der Waals surface area (Å²) in [6, 6.07) is 9.43. The molecule has 2 aromatic rings. The lowest BCUT2D eigenvalue weighted by Gasteiger charge is -2.12. The standard InChI is InChI=1S/C13H12BrClN2/c1-8-2-3-9(6-11(8)15)13(16)12-5-4-10(14)7-17-12/h2-7,13H,16H2,1H3. The first-order chi connectivity index (χ1) is 8.08. The Morgan fingerprint density at radius 2 is 2.06 bits per heavy atom. The van der Waals surface area contributed by atoms with Crippen molar-refractivity contribution in [3.63, 3.8) is 0 Å². The Morgan fingerprint density at radius 1 is 1.29 bits per heavy atom. The van der Waals surface area contributed by atoms with Crippen LogP contribution in [-0.4, -0.2) is 4.98 Å². The minimum Gasteiger partial charge on any atom is -0.319 e. The summed E-state index contributed by atoms with van der Waals surface area (Å²) in [4.78, 5) is 4.29. The number of aromatic nitrogens is 1. The Morgan fingerprint density at radius 3 is 2.65 bits per heavy atom. The van der Waals surface area contributed by atoms with Crippen LogP contribution in [0.3, 0.4) is 0 Å². The van der Waals surface area contributed by atoms with E-state index in [1.165, 1.54) is 0 Å². The van der Waals surface area contributed by atoms with Gasteiger partial charge in [0.2, 0.25) is 0 Å². The van der Waals surface area contributed by atoms with E-state index in [2.05, 4.69) is 20.9 Å². The number of benzene rings is 1. The monoisotopic (exact) mass is 310 g/mol. The van der Waals surface area contributed by atoms with Crippen molar-refractivity contribution in [1.82, 2.24) is 4.98 Å². The van der Waals surface area contributed by atoms with Crippen LogP contribution in [-0.2, 0) is 0 Å². The van der Waals surface area contributed by atoms with Crippen molar-refractivity contribution in [2.45, 2.75) is 13.0 Å². The first-order valence-electron chi connectivity index (χ1n) is 5.21. The normalized spacial score (nSPS) is 12.5. The molecule has 0 aliphatic heterocycles. The van der Waals surface area contributed by atoms with Gasteiger partial charge in [-0.3, -0.25) is 4.98 Å². The molecule has 0 bridgehead atoms. The Balaban J connectivity index is 2.33. The van der Waals surface area contributed by atoms with Crippen LogP contribution < -0.4 is 5.73 Å². The molecule has 2 rings (SSSR count). The number of aryl methyl sites for hydroxylation is 1. The van der Waals surface area contributed by atoms with Crippen LogP contribution in [0.5, 0.6) is 0 Å². The van der Waals surface area contributed by atoms with Gasteiger partial charge in [0.05, 0.1) is 11.7 Å². The maximum absolute atomic E-state index is 6.15. The van der Waals surface area contributed by atoms with Gasteiger partial charge in [-0.1, -0.05) is 23.7 Å². The first-order valence-corrected chi connectivity index (χ1v) is 6.38. The highest BCUT2D eigenvalue weighted by atomic mass is 79.9. The van der Waals surface area contributed by atoms with Gasteiger partial charge in [0.1, 0.15) is 0 Å². The van der Waals surface area contributed by atoms with Crippen LogP contribution in [0.25, 0.3) is 0 Å². The minimum absolute atomic E-state index is 0.249. The molecule has 0 aliphatic rings. The summed E-state index contributed by atoms with van der Waals surface area (Å²) in [5, 5.41) is 0.732. The van der Waals surface area contributed by atoms with Crippen molar-refractivity contribution < 1.29 is 0 Å². The SMILES string of the molecule is Cc1ccc(C(N)c2ccc(Br)cn2)cc1Cl. The third kappa shape index (κ3) is 2.86. The van der Waals surface area contributed by atoms with Crippen LogP contribution >= 0.6 is 27.5 Å². The Hall–Kier alpha value is -0.900. The van der Waals surface area contributed by atoms with E-state index in [1.807, 2.05) is 37.3 Å². The maximum atomic E-state index is 6.15. The fraction of sp³-hybridized carbons (Fsp3) is 0.154. The minimum atomic E-state index is -0.249. The molecule has 88 valence electrons. The molecule has 4 heteroatoms. The second-order valence-corrected chi connectivity index (χ2v) is 5.21. The van der Waals surface area contributed by atoms with Crippen LogP contribution in [0.2, 0.25) is 5.02 Å². The van der Waals surface area contributed by atoms with E-state index in [1.54, 1.807) is 6.20 Å². The van der Waals surface area contributed by atoms with E-state index in [9.17, 15) is 0 Å². The average Bonchev–Trinajstić information content (AvgIpc) is 2.33. The molecule has 0 saturated carbocycles. The van der Waals surface area contributed by atoms with Crippen LogP contribution in [0.15, 0.2) is 41.0 Å². The quantitative estimate of drug-likeness (QED) is 0.915. The zero-order chi connectivity index (χ0) is 12.4. The van der Waals surface area contributed by atoms with Crippen LogP contribution in [0.1, 0.15) is 22.9 Å². The molecule has 0 amide bonds. The van der Waals surface area contributed by atoms with E-state index in [0.717, 1.165) is 26.3 Å². The van der Waals surface area contributed by atoms with Gasteiger partial charge in [-0.15, -0.1) is 0 Å². The van der Waals surface area contributed by atoms with E-state index in [4.69, 9.17) is 17.3 Å². The molecule has 17 heavy (non-hydrogen) atoms. The first kappa shape index (κ1) is 12.6. The second kappa shape index (κ2) is 5.17. The van der Waals surface area contributed by atoms with Gasteiger partial charge < -0.3 is 5.73 Å². The molecule has 1 aromatic heterocycles. The summed E-state index contributed by atoms with van der Waals surface area (Å²) < 4.78 is 0.940. The summed E-state index contributed by atoms with van der Waals surface area (Å²) in [5.41, 5.74) is 8.99. The van der Waals surface area contributed by atoms with Crippen molar-refractivity contribution >= 4 is 27.5 Å². The van der Waals surface area contributed by atoms with E-state index >= 15 is 0 Å². The number of nitrogens with zero attached hydrogens (tertiary/aromatic N) is 1. The molecule has 1 heterocycles. The number of pyridine rings is 1. The van der Waals surface area contributed by atoms with E-state index in [-0.39, 0.29) is 6.04 Å². The average molecular weight is 312 g/mol. The fourth-order valence-corrected chi connectivity index (χ4v) is 1.97. The van der Waals surface area contributed by atoms with Crippen molar-refractivity contribution in [1.29, 1.82) is 0 Å². The predicted molar refractivity (Wildman–Crippen MR) is 74.2 cm³/mol. The topological polar surface area (TPSA) is 38.9 Å². The zero-order valence-corrected chi connectivity index (χ0v) is 11.7. The third-order valence-electron chi connectivity index (χ3n) is 2.62. The molecule has 2 nitrogen and oxygen atoms in total. The van der Waals surface area contributed by atoms with Gasteiger partial charge in [-0.25, -0.2) is 0 Å². The molecule has 0 fully saturated rings. The molecule has 1 unspecified atom stereocenters. The Bertz CT molecular complexity index is 525. The molecule has 0 radical (unpaired) electrons. The van der Waals surface area contributed by atoms with Gasteiger partial charge in [0.25, 0.3) is 0 Å². The van der Waals surface area contributed by atoms with Crippen LogP contribution in [0.4, 0.5) is 0 Å². The molecule has 0 saturated heterocycles. The largest absolute Gasteiger partial charge is 0.319 e. The number of hydrogen-bond acceptors (Lipinski definition) is 2. The lowest BCUT2D eigenvalue weighted by molar-refractivity contribution is 0.827. The fourth-order valence-electron chi connectivity index (χ4n) is 1.54. The van der Waals surface area contributed by atoms with E-state index in [0.29, 0.717) is 0 Å². The van der Waals surface area contributed by atoms with Crippen molar-refractivity contribution in [2.75, 3.05) is 0 Å². The number of halogens is 2. The lowest BCUT2D eigenvalue weighted by Crippen LogP contribution is -2.13. The summed E-state index contributed by atoms with van der Waals surface area (Å²) in [5.74, 6) is 0. The number of hydrogen-bond donors (Lipinski definition) is 1. The van der Waals surface area contributed by atoms with E-state index < -0.39 is 0 Å². The van der Waals surface area contributed by atoms with Crippen LogP contribution in [0, 0.1) is 6.92 Å². The highest BCUT2D eigenvalue weighted by molar-refractivity contribution is 9.10. The molecule has 1 aromatic carbocycles. The van der Waals surface area contributed by atoms with Crippen molar-refractivity contribution in [3.8, 4) is 0 Å². The smallest absolute Gasteiger partial charge is 0.0726 e. The number of rotatable bonds is 2. The Kier molecular flexibility index (Phi) is 3.82. The Labute approximate surface area is 114 Å². The molecular formula is C13H12BrClN2. The molecule has 2 N–H and O–H groups in total. The molecular weight excluding hydrogens is 300 g/mol. The van der Waals surface area contributed by atoms with Crippen molar-refractivity contribution in [2.24, 2.45) is 5.73 Å². The van der Waals surface area contributed by atoms with Gasteiger partial charge in [-0.05, 0) is 52.2 Å². The second-order valence-electron chi connectivity index (χ2n) is 3.89. The predicted octanol–water partition coefficient (Wildman–Crippen LogP) is 3.85.